The highest BCUT2D eigenvalue weighted by Gasteiger charge is 2.37. The van der Waals surface area contributed by atoms with Crippen molar-refractivity contribution < 1.29 is 9.53 Å². The summed E-state index contributed by atoms with van der Waals surface area (Å²) in [5.74, 6) is 5.69. The summed E-state index contributed by atoms with van der Waals surface area (Å²) >= 11 is 0. The van der Waals surface area contributed by atoms with Crippen LogP contribution in [-0.2, 0) is 15.1 Å². The number of Topliss-reactive ketones (excluding diaryl/α,β-unsaturated/α-hetero) is 1. The van der Waals surface area contributed by atoms with Crippen molar-refractivity contribution in [3.05, 3.63) is 108 Å². The van der Waals surface area contributed by atoms with Gasteiger partial charge in [-0.1, -0.05) is 104 Å². The van der Waals surface area contributed by atoms with E-state index in [-0.39, 0.29) is 5.78 Å². The fraction of sp³-hybridized carbons (Fsp3) is 0.276. The molecule has 0 bridgehead atoms. The molecule has 3 aromatic carbocycles. The number of benzene rings is 3. The molecule has 0 saturated heterocycles. The van der Waals surface area contributed by atoms with Gasteiger partial charge in [0.1, 0.15) is 5.60 Å². The van der Waals surface area contributed by atoms with E-state index >= 15 is 0 Å². The summed E-state index contributed by atoms with van der Waals surface area (Å²) in [5, 5.41) is 0. The minimum absolute atomic E-state index is 0.0221. The highest BCUT2D eigenvalue weighted by Crippen LogP contribution is 2.40. The van der Waals surface area contributed by atoms with Crippen LogP contribution in [0, 0.1) is 11.8 Å². The molecule has 0 amide bonds. The molecule has 0 aliphatic rings. The van der Waals surface area contributed by atoms with Crippen molar-refractivity contribution >= 4 is 5.78 Å². The standard InChI is InChI=1S/C29H30O2/c1-2-3-7-22-28(30)23-14-15-24-31-29(25-16-8-4-9-17-25,26-18-10-5-11-19-26)27-20-12-6-13-21-27/h4-6,8-13,16-21H,2-3,14-15,23-24H2,1H3. The maximum Gasteiger partial charge on any atom is 0.205 e. The summed E-state index contributed by atoms with van der Waals surface area (Å²) in [5.41, 5.74) is 2.58. The number of rotatable bonds is 10. The number of hydrogen-bond acceptors (Lipinski definition) is 2. The summed E-state index contributed by atoms with van der Waals surface area (Å²) in [4.78, 5) is 11.9. The minimum Gasteiger partial charge on any atom is -0.361 e. The lowest BCUT2D eigenvalue weighted by Gasteiger charge is -2.36. The second-order valence-corrected chi connectivity index (χ2v) is 7.56. The van der Waals surface area contributed by atoms with Gasteiger partial charge in [-0.2, -0.15) is 0 Å². The molecule has 0 radical (unpaired) electrons. The predicted octanol–water partition coefficient (Wildman–Crippen LogP) is 6.54. The molecule has 0 spiro atoms. The topological polar surface area (TPSA) is 26.3 Å². The monoisotopic (exact) mass is 410 g/mol. The first-order chi connectivity index (χ1) is 15.3. The van der Waals surface area contributed by atoms with Crippen LogP contribution in [-0.4, -0.2) is 12.4 Å². The molecule has 0 N–H and O–H groups in total. The van der Waals surface area contributed by atoms with Gasteiger partial charge in [-0.3, -0.25) is 4.79 Å². The number of ether oxygens (including phenoxy) is 1. The molecule has 3 rings (SSSR count). The third-order valence-electron chi connectivity index (χ3n) is 5.26. The first-order valence-electron chi connectivity index (χ1n) is 11.1. The maximum absolute atomic E-state index is 11.9. The van der Waals surface area contributed by atoms with Crippen molar-refractivity contribution in [2.75, 3.05) is 6.61 Å². The van der Waals surface area contributed by atoms with Gasteiger partial charge in [-0.05, 0) is 41.9 Å². The third kappa shape index (κ3) is 5.94. The van der Waals surface area contributed by atoms with Gasteiger partial charge in [0.25, 0.3) is 0 Å². The van der Waals surface area contributed by atoms with Crippen LogP contribution in [0.3, 0.4) is 0 Å². The lowest BCUT2D eigenvalue weighted by atomic mass is 9.80. The molecule has 3 aromatic rings. The Hall–Kier alpha value is -3.15. The predicted molar refractivity (Wildman–Crippen MR) is 127 cm³/mol. The third-order valence-corrected chi connectivity index (χ3v) is 5.26. The second kappa shape index (κ2) is 11.9. The summed E-state index contributed by atoms with van der Waals surface area (Å²) < 4.78 is 6.72. The lowest BCUT2D eigenvalue weighted by Crippen LogP contribution is -2.33. The van der Waals surface area contributed by atoms with E-state index in [1.54, 1.807) is 0 Å². The van der Waals surface area contributed by atoms with Crippen LogP contribution in [0.2, 0.25) is 0 Å². The van der Waals surface area contributed by atoms with Crippen LogP contribution in [0.15, 0.2) is 91.0 Å². The van der Waals surface area contributed by atoms with Gasteiger partial charge in [-0.15, -0.1) is 0 Å². The van der Waals surface area contributed by atoms with Gasteiger partial charge in [0.2, 0.25) is 5.78 Å². The second-order valence-electron chi connectivity index (χ2n) is 7.56. The Balaban J connectivity index is 1.82. The quantitative estimate of drug-likeness (QED) is 0.164. The van der Waals surface area contributed by atoms with Gasteiger partial charge >= 0.3 is 0 Å². The van der Waals surface area contributed by atoms with Crippen molar-refractivity contribution in [3.63, 3.8) is 0 Å². The van der Waals surface area contributed by atoms with Crippen molar-refractivity contribution in [1.82, 2.24) is 0 Å². The Morgan fingerprint density at radius 2 is 1.26 bits per heavy atom. The normalized spacial score (nSPS) is 10.9. The molecule has 0 heterocycles. The molecule has 31 heavy (non-hydrogen) atoms. The number of carbonyl (C=O) groups is 1. The van der Waals surface area contributed by atoms with E-state index in [1.807, 2.05) is 54.6 Å². The fourth-order valence-electron chi connectivity index (χ4n) is 3.73. The van der Waals surface area contributed by atoms with Crippen molar-refractivity contribution in [2.45, 2.75) is 44.6 Å². The highest BCUT2D eigenvalue weighted by atomic mass is 16.5. The zero-order chi connectivity index (χ0) is 21.8. The number of hydrogen-bond donors (Lipinski definition) is 0. The molecule has 0 aromatic heterocycles. The molecule has 2 nitrogen and oxygen atoms in total. The summed E-state index contributed by atoms with van der Waals surface area (Å²) in [6.07, 6.45) is 3.82. The first kappa shape index (κ1) is 22.5. The molecule has 158 valence electrons. The van der Waals surface area contributed by atoms with E-state index in [0.717, 1.165) is 42.4 Å². The molecule has 0 atom stereocenters. The van der Waals surface area contributed by atoms with E-state index in [2.05, 4.69) is 55.2 Å². The van der Waals surface area contributed by atoms with Crippen LogP contribution >= 0.6 is 0 Å². The van der Waals surface area contributed by atoms with Crippen molar-refractivity contribution in [3.8, 4) is 11.8 Å². The molecular formula is C29H30O2. The Morgan fingerprint density at radius 3 is 1.71 bits per heavy atom. The average Bonchev–Trinajstić information content (AvgIpc) is 2.83. The van der Waals surface area contributed by atoms with Gasteiger partial charge in [0.05, 0.1) is 0 Å². The highest BCUT2D eigenvalue weighted by molar-refractivity contribution is 5.95. The Labute approximate surface area is 186 Å². The van der Waals surface area contributed by atoms with Crippen LogP contribution in [0.25, 0.3) is 0 Å². The Bertz CT molecular complexity index is 886. The molecule has 0 unspecified atom stereocenters. The van der Waals surface area contributed by atoms with Crippen LogP contribution in [0.5, 0.6) is 0 Å². The molecule has 0 fully saturated rings. The number of carbonyl (C=O) groups excluding carboxylic acids is 1. The summed E-state index contributed by atoms with van der Waals surface area (Å²) in [7, 11) is 0. The zero-order valence-electron chi connectivity index (χ0n) is 18.2. The Kier molecular flexibility index (Phi) is 8.64. The largest absolute Gasteiger partial charge is 0.361 e. The first-order valence-corrected chi connectivity index (χ1v) is 11.1. The van der Waals surface area contributed by atoms with Gasteiger partial charge in [0, 0.05) is 19.4 Å². The Morgan fingerprint density at radius 1 is 0.774 bits per heavy atom. The molecule has 0 saturated carbocycles. The van der Waals surface area contributed by atoms with E-state index in [4.69, 9.17) is 4.74 Å². The zero-order valence-corrected chi connectivity index (χ0v) is 18.2. The average molecular weight is 411 g/mol. The molecular weight excluding hydrogens is 380 g/mol. The van der Waals surface area contributed by atoms with Gasteiger partial charge in [0.15, 0.2) is 0 Å². The molecule has 0 aliphatic carbocycles. The molecule has 0 aliphatic heterocycles. The smallest absolute Gasteiger partial charge is 0.205 e. The minimum atomic E-state index is -0.700. The SMILES string of the molecule is CCCC#CC(=O)CCCCOC(c1ccccc1)(c1ccccc1)c1ccccc1. The van der Waals surface area contributed by atoms with Crippen LogP contribution in [0.1, 0.15) is 55.7 Å². The maximum atomic E-state index is 11.9. The molecule has 2 heteroatoms. The van der Waals surface area contributed by atoms with Crippen molar-refractivity contribution in [1.29, 1.82) is 0 Å². The van der Waals surface area contributed by atoms with Crippen LogP contribution < -0.4 is 0 Å². The summed E-state index contributed by atoms with van der Waals surface area (Å²) in [6.45, 7) is 2.61. The van der Waals surface area contributed by atoms with Crippen LogP contribution in [0.4, 0.5) is 0 Å². The van der Waals surface area contributed by atoms with E-state index in [1.165, 1.54) is 0 Å². The van der Waals surface area contributed by atoms with Gasteiger partial charge in [-0.25, -0.2) is 0 Å². The van der Waals surface area contributed by atoms with Gasteiger partial charge < -0.3 is 4.74 Å². The summed E-state index contributed by atoms with van der Waals surface area (Å²) in [6, 6.07) is 31.1. The number of ketones is 1. The van der Waals surface area contributed by atoms with E-state index in [0.29, 0.717) is 13.0 Å². The number of unbranched alkanes of at least 4 members (excludes halogenated alkanes) is 2. The fourth-order valence-corrected chi connectivity index (χ4v) is 3.73. The lowest BCUT2D eigenvalue weighted by molar-refractivity contribution is -0.114. The van der Waals surface area contributed by atoms with E-state index < -0.39 is 5.60 Å². The van der Waals surface area contributed by atoms with E-state index in [9.17, 15) is 4.79 Å². The van der Waals surface area contributed by atoms with Crippen molar-refractivity contribution in [2.24, 2.45) is 0 Å².